The van der Waals surface area contributed by atoms with Crippen molar-refractivity contribution in [2.45, 2.75) is 0 Å². The van der Waals surface area contributed by atoms with Crippen LogP contribution in [-0.2, 0) is 0 Å². The molecule has 0 bridgehead atoms. The summed E-state index contributed by atoms with van der Waals surface area (Å²) in [4.78, 5) is 0. The van der Waals surface area contributed by atoms with Crippen molar-refractivity contribution in [3.63, 3.8) is 0 Å². The molecule has 0 radical (unpaired) electrons. The van der Waals surface area contributed by atoms with Gasteiger partial charge in [-0.3, -0.25) is 0 Å². The van der Waals surface area contributed by atoms with E-state index in [2.05, 4.69) is 6.07 Å². The molecule has 1 aromatic rings. The maximum absolute atomic E-state index is 12.0. The van der Waals surface area contributed by atoms with E-state index in [0.29, 0.717) is 5.02 Å². The number of halogens is 2. The third-order valence-corrected chi connectivity index (χ3v) is 0.963. The third kappa shape index (κ3) is 3.70. The predicted octanol–water partition coefficient (Wildman–Crippen LogP) is -0.717. The molecular formula is C6H3ClFK. The molecule has 1 rings (SSSR count). The van der Waals surface area contributed by atoms with Crippen LogP contribution < -0.4 is 51.4 Å². The minimum Gasteiger partial charge on any atom is -0.236 e. The Labute approximate surface area is 101 Å². The summed E-state index contributed by atoms with van der Waals surface area (Å²) >= 11 is 5.38. The van der Waals surface area contributed by atoms with Crippen LogP contribution in [0.5, 0.6) is 0 Å². The van der Waals surface area contributed by atoms with Crippen LogP contribution in [0.3, 0.4) is 0 Å². The van der Waals surface area contributed by atoms with E-state index in [1.807, 2.05) is 0 Å². The van der Waals surface area contributed by atoms with Gasteiger partial charge in [0, 0.05) is 5.82 Å². The first kappa shape index (κ1) is 10.1. The van der Waals surface area contributed by atoms with Gasteiger partial charge in [0.2, 0.25) is 0 Å². The van der Waals surface area contributed by atoms with E-state index in [1.54, 1.807) is 6.07 Å². The van der Waals surface area contributed by atoms with E-state index in [4.69, 9.17) is 11.6 Å². The number of hydrogen-bond acceptors (Lipinski definition) is 0. The van der Waals surface area contributed by atoms with Crippen molar-refractivity contribution in [2.75, 3.05) is 0 Å². The van der Waals surface area contributed by atoms with Gasteiger partial charge in [-0.05, 0) is 0 Å². The van der Waals surface area contributed by atoms with Gasteiger partial charge in [0.1, 0.15) is 0 Å². The monoisotopic (exact) mass is 168 g/mol. The molecule has 1 aromatic carbocycles. The summed E-state index contributed by atoms with van der Waals surface area (Å²) in [5.74, 6) is -0.419. The summed E-state index contributed by atoms with van der Waals surface area (Å²) in [5, 5.41) is 0.404. The van der Waals surface area contributed by atoms with Crippen molar-refractivity contribution in [3.05, 3.63) is 35.1 Å². The summed E-state index contributed by atoms with van der Waals surface area (Å²) < 4.78 is 12.0. The Morgan fingerprint density at radius 2 is 2.22 bits per heavy atom. The second kappa shape index (κ2) is 4.83. The number of benzene rings is 1. The molecule has 0 fully saturated rings. The van der Waals surface area contributed by atoms with Crippen LogP contribution in [0.25, 0.3) is 0 Å². The van der Waals surface area contributed by atoms with Crippen molar-refractivity contribution < 1.29 is 55.8 Å². The molecule has 0 aromatic heterocycles. The summed E-state index contributed by atoms with van der Waals surface area (Å²) in [5.41, 5.74) is 0. The molecular weight excluding hydrogens is 166 g/mol. The Kier molecular flexibility index (Phi) is 5.40. The van der Waals surface area contributed by atoms with Gasteiger partial charge < -0.3 is 0 Å². The van der Waals surface area contributed by atoms with Crippen molar-refractivity contribution >= 4 is 11.6 Å². The van der Waals surface area contributed by atoms with Crippen molar-refractivity contribution in [1.29, 1.82) is 0 Å². The standard InChI is InChI=1S/C6H3ClF.K/c7-5-2-1-3-6(8)4-5;/h1-2,4H;/q-1;+1. The predicted molar refractivity (Wildman–Crippen MR) is 30.2 cm³/mol. The third-order valence-electron chi connectivity index (χ3n) is 0.728. The minimum atomic E-state index is -0.419. The average Bonchev–Trinajstić information content (AvgIpc) is 1.64. The van der Waals surface area contributed by atoms with Gasteiger partial charge in [-0.25, -0.2) is 4.39 Å². The SMILES string of the molecule is Fc1[c-]ccc(Cl)c1.[K+]. The van der Waals surface area contributed by atoms with Crippen LogP contribution >= 0.6 is 11.6 Å². The topological polar surface area (TPSA) is 0 Å². The zero-order valence-electron chi connectivity index (χ0n) is 4.99. The Bertz CT molecular complexity index is 173. The normalized spacial score (nSPS) is 8.22. The molecule has 0 spiro atoms. The summed E-state index contributed by atoms with van der Waals surface area (Å²) in [6, 6.07) is 6.55. The van der Waals surface area contributed by atoms with Crippen molar-refractivity contribution in [1.82, 2.24) is 0 Å². The molecule has 3 heteroatoms. The molecule has 9 heavy (non-hydrogen) atoms. The molecule has 0 unspecified atom stereocenters. The van der Waals surface area contributed by atoms with Crippen LogP contribution in [0.4, 0.5) is 4.39 Å². The van der Waals surface area contributed by atoms with Crippen LogP contribution in [-0.4, -0.2) is 0 Å². The van der Waals surface area contributed by atoms with Gasteiger partial charge in [0.25, 0.3) is 0 Å². The number of hydrogen-bond donors (Lipinski definition) is 0. The molecule has 0 aliphatic carbocycles. The molecule has 42 valence electrons. The average molecular weight is 169 g/mol. The second-order valence-corrected chi connectivity index (χ2v) is 1.79. The van der Waals surface area contributed by atoms with Crippen LogP contribution in [0.15, 0.2) is 18.2 Å². The fraction of sp³-hybridized carbons (Fsp3) is 0. The first-order valence-corrected chi connectivity index (χ1v) is 2.49. The van der Waals surface area contributed by atoms with E-state index in [1.165, 1.54) is 12.1 Å². The fourth-order valence-corrected chi connectivity index (χ4v) is 0.571. The zero-order valence-corrected chi connectivity index (χ0v) is 8.87. The maximum atomic E-state index is 12.0. The van der Waals surface area contributed by atoms with Gasteiger partial charge in [-0.15, -0.1) is 23.7 Å². The minimum absolute atomic E-state index is 0. The quantitative estimate of drug-likeness (QED) is 0.355. The first-order chi connectivity index (χ1) is 3.79. The summed E-state index contributed by atoms with van der Waals surface area (Å²) in [6.45, 7) is 0. The number of rotatable bonds is 0. The molecule has 0 atom stereocenters. The van der Waals surface area contributed by atoms with Crippen molar-refractivity contribution in [3.8, 4) is 0 Å². The second-order valence-electron chi connectivity index (χ2n) is 1.35. The maximum Gasteiger partial charge on any atom is 1.00 e. The molecule has 0 saturated heterocycles. The summed E-state index contributed by atoms with van der Waals surface area (Å²) in [7, 11) is 0. The smallest absolute Gasteiger partial charge is 0.236 e. The molecule has 0 heterocycles. The van der Waals surface area contributed by atoms with E-state index in [-0.39, 0.29) is 51.4 Å². The zero-order chi connectivity index (χ0) is 5.98. The Hall–Kier alpha value is 1.08. The largest absolute Gasteiger partial charge is 1.00 e. The van der Waals surface area contributed by atoms with Gasteiger partial charge in [-0.2, -0.15) is 12.1 Å². The van der Waals surface area contributed by atoms with Gasteiger partial charge in [0.15, 0.2) is 0 Å². The molecule has 0 amide bonds. The molecule has 0 saturated carbocycles. The Morgan fingerprint density at radius 3 is 2.56 bits per heavy atom. The molecule has 0 aliphatic heterocycles. The molecule has 0 aliphatic rings. The first-order valence-electron chi connectivity index (χ1n) is 2.12. The van der Waals surface area contributed by atoms with Crippen LogP contribution in [0, 0.1) is 11.9 Å². The van der Waals surface area contributed by atoms with Crippen molar-refractivity contribution in [2.24, 2.45) is 0 Å². The fourth-order valence-electron chi connectivity index (χ4n) is 0.412. The van der Waals surface area contributed by atoms with Gasteiger partial charge in [0.05, 0.1) is 0 Å². The van der Waals surface area contributed by atoms with E-state index < -0.39 is 5.82 Å². The summed E-state index contributed by atoms with van der Waals surface area (Å²) in [6.07, 6.45) is 0. The molecule has 0 nitrogen and oxygen atoms in total. The van der Waals surface area contributed by atoms with E-state index in [9.17, 15) is 4.39 Å². The van der Waals surface area contributed by atoms with Crippen LogP contribution in [0.2, 0.25) is 5.02 Å². The molecule has 0 N–H and O–H groups in total. The van der Waals surface area contributed by atoms with E-state index in [0.717, 1.165) is 0 Å². The van der Waals surface area contributed by atoms with Gasteiger partial charge >= 0.3 is 51.4 Å². The van der Waals surface area contributed by atoms with E-state index >= 15 is 0 Å². The van der Waals surface area contributed by atoms with Gasteiger partial charge in [-0.1, -0.05) is 5.02 Å². The Morgan fingerprint density at radius 1 is 1.56 bits per heavy atom. The Balaban J connectivity index is 0.000000640. The van der Waals surface area contributed by atoms with Crippen LogP contribution in [0.1, 0.15) is 0 Å².